The Hall–Kier alpha value is -0.220. The number of hydrogen-bond acceptors (Lipinski definition) is 4. The van der Waals surface area contributed by atoms with Crippen LogP contribution in [0.5, 0.6) is 0 Å². The van der Waals surface area contributed by atoms with Crippen molar-refractivity contribution in [2.45, 2.75) is 0 Å². The maximum atomic E-state index is 11.6. The Kier molecular flexibility index (Phi) is 3.61. The molecule has 0 aromatic heterocycles. The quantitative estimate of drug-likeness (QED) is 0.623. The zero-order valence-corrected chi connectivity index (χ0v) is 11.5. The Morgan fingerprint density at radius 3 is 1.00 bits per heavy atom. The van der Waals surface area contributed by atoms with Crippen LogP contribution in [0.3, 0.4) is 0 Å². The second-order valence-electron chi connectivity index (χ2n) is 4.81. The highest BCUT2D eigenvalue weighted by molar-refractivity contribution is 7.99. The van der Waals surface area contributed by atoms with Gasteiger partial charge >= 0.3 is 20.4 Å². The monoisotopic (exact) mass is 261 g/mol. The average molecular weight is 261 g/mol. The second kappa shape index (κ2) is 3.67. The molecule has 0 aliphatic heterocycles. The van der Waals surface area contributed by atoms with Crippen molar-refractivity contribution >= 4 is 20.4 Å². The van der Waals surface area contributed by atoms with E-state index in [2.05, 4.69) is 0 Å². The fourth-order valence-corrected chi connectivity index (χ4v) is 3.21. The van der Waals surface area contributed by atoms with Crippen LogP contribution >= 0.6 is 0 Å². The van der Waals surface area contributed by atoms with Crippen LogP contribution in [0.15, 0.2) is 0 Å². The summed E-state index contributed by atoms with van der Waals surface area (Å²) < 4.78 is 47.0. The van der Waals surface area contributed by atoms with Gasteiger partial charge < -0.3 is 0 Å². The molecule has 0 atom stereocenters. The summed E-state index contributed by atoms with van der Waals surface area (Å²) >= 11 is 0. The van der Waals surface area contributed by atoms with Crippen molar-refractivity contribution in [2.75, 3.05) is 42.3 Å². The van der Waals surface area contributed by atoms with Crippen LogP contribution in [0.25, 0.3) is 0 Å². The van der Waals surface area contributed by atoms with Gasteiger partial charge in [-0.1, -0.05) is 0 Å². The Morgan fingerprint density at radius 2 is 0.867 bits per heavy atom. The van der Waals surface area contributed by atoms with Crippen molar-refractivity contribution in [3.63, 3.8) is 0 Å². The van der Waals surface area contributed by atoms with E-state index in [-0.39, 0.29) is 0 Å². The number of hydrogen-bond donors (Lipinski definition) is 1. The molecular weight excluding hydrogens is 242 g/mol. The van der Waals surface area contributed by atoms with Gasteiger partial charge in [-0.15, -0.1) is 0 Å². The van der Waals surface area contributed by atoms with E-state index < -0.39 is 28.2 Å². The van der Waals surface area contributed by atoms with Crippen LogP contribution in [0.4, 0.5) is 0 Å². The molecule has 7 nitrogen and oxygen atoms in total. The molecule has 0 aliphatic rings. The number of rotatable bonds is 4. The van der Waals surface area contributed by atoms with Crippen molar-refractivity contribution in [2.24, 2.45) is 0 Å². The van der Waals surface area contributed by atoms with Gasteiger partial charge in [0.15, 0.2) is 0 Å². The van der Waals surface area contributed by atoms with Crippen LogP contribution in [0, 0.1) is 0 Å². The maximum absolute atomic E-state index is 11.6. The van der Waals surface area contributed by atoms with Crippen molar-refractivity contribution < 1.29 is 24.6 Å². The lowest BCUT2D eigenvalue weighted by molar-refractivity contribution is -0.744. The van der Waals surface area contributed by atoms with E-state index in [4.69, 9.17) is 0 Å². The van der Waals surface area contributed by atoms with E-state index in [0.717, 1.165) is 0 Å². The first-order chi connectivity index (χ1) is 6.21. The minimum Gasteiger partial charge on any atom is -0.211 e. The first kappa shape index (κ1) is 14.8. The number of quaternary nitrogens is 2. The largest absolute Gasteiger partial charge is 0.386 e. The Morgan fingerprint density at radius 1 is 0.667 bits per heavy atom. The predicted molar refractivity (Wildman–Crippen MR) is 57.0 cm³/mol. The topological polar surface area (TPSA) is 80.3 Å². The van der Waals surface area contributed by atoms with Crippen LogP contribution in [0.2, 0.25) is 0 Å². The van der Waals surface area contributed by atoms with Crippen molar-refractivity contribution in [3.05, 3.63) is 0 Å². The van der Waals surface area contributed by atoms with Crippen molar-refractivity contribution in [1.82, 2.24) is 4.13 Å². The van der Waals surface area contributed by atoms with Crippen molar-refractivity contribution in [1.29, 1.82) is 0 Å². The zero-order chi connectivity index (χ0) is 12.7. The molecule has 0 saturated heterocycles. The van der Waals surface area contributed by atoms with Gasteiger partial charge in [-0.25, -0.2) is 7.78 Å². The summed E-state index contributed by atoms with van der Waals surface area (Å²) in [6, 6.07) is 0. The first-order valence-corrected chi connectivity index (χ1v) is 7.00. The van der Waals surface area contributed by atoms with E-state index in [1.807, 2.05) is 0 Å². The third-order valence-corrected chi connectivity index (χ3v) is 6.22. The lowest BCUT2D eigenvalue weighted by atomic mass is 11.0. The van der Waals surface area contributed by atoms with E-state index >= 15 is 0 Å². The summed E-state index contributed by atoms with van der Waals surface area (Å²) in [6.07, 6.45) is 0. The average Bonchev–Trinajstić information content (AvgIpc) is 1.77. The fourth-order valence-electron chi connectivity index (χ4n) is 0.357. The zero-order valence-electron chi connectivity index (χ0n) is 9.84. The highest BCUT2D eigenvalue weighted by atomic mass is 32.3. The van der Waals surface area contributed by atoms with Crippen LogP contribution < -0.4 is 4.13 Å². The molecule has 0 aromatic rings. The molecule has 0 unspecified atom stereocenters. The van der Waals surface area contributed by atoms with Gasteiger partial charge in [-0.2, -0.15) is 16.8 Å². The molecule has 0 spiro atoms. The number of nitrogens with zero attached hydrogens (tertiary/aromatic N) is 2. The second-order valence-corrected chi connectivity index (χ2v) is 9.57. The molecule has 0 amide bonds. The SMILES string of the molecule is C[N+](C)(C)S(=O)(=O)NS(=O)(=O)[N+](C)(C)C. The smallest absolute Gasteiger partial charge is 0.211 e. The van der Waals surface area contributed by atoms with Gasteiger partial charge in [0.25, 0.3) is 0 Å². The molecule has 15 heavy (non-hydrogen) atoms. The van der Waals surface area contributed by atoms with Gasteiger partial charge in [0.05, 0.1) is 42.3 Å². The van der Waals surface area contributed by atoms with Gasteiger partial charge in [-0.3, -0.25) is 0 Å². The number of nitrogens with one attached hydrogen (secondary N) is 1. The van der Waals surface area contributed by atoms with E-state index in [9.17, 15) is 16.8 Å². The third-order valence-electron chi connectivity index (χ3n) is 1.65. The summed E-state index contributed by atoms with van der Waals surface area (Å²) in [5, 5.41) is 0. The lowest BCUT2D eigenvalue weighted by Crippen LogP contribution is -2.57. The maximum Gasteiger partial charge on any atom is 0.386 e. The van der Waals surface area contributed by atoms with Crippen LogP contribution in [0.1, 0.15) is 0 Å². The molecule has 92 valence electrons. The molecule has 0 bridgehead atoms. The van der Waals surface area contributed by atoms with E-state index in [0.29, 0.717) is 0 Å². The van der Waals surface area contributed by atoms with E-state index in [1.54, 1.807) is 4.13 Å². The molecule has 0 heterocycles. The Bertz CT molecular complexity index is 382. The highest BCUT2D eigenvalue weighted by Gasteiger charge is 2.39. The molecule has 0 fully saturated rings. The third kappa shape index (κ3) is 3.38. The van der Waals surface area contributed by atoms with Crippen LogP contribution in [-0.2, 0) is 20.4 Å². The first-order valence-electron chi connectivity index (χ1n) is 4.12. The van der Waals surface area contributed by atoms with Gasteiger partial charge in [0, 0.05) is 0 Å². The molecule has 0 rings (SSSR count). The van der Waals surface area contributed by atoms with Crippen LogP contribution in [-0.4, -0.2) is 66.9 Å². The lowest BCUT2D eigenvalue weighted by Gasteiger charge is -2.26. The molecule has 0 radical (unpaired) electrons. The predicted octanol–water partition coefficient (Wildman–Crippen LogP) is -1.52. The fraction of sp³-hybridized carbons (Fsp3) is 1.00. The normalized spacial score (nSPS) is 15.3. The summed E-state index contributed by atoms with van der Waals surface area (Å²) in [5.74, 6) is 0. The van der Waals surface area contributed by atoms with E-state index in [1.165, 1.54) is 42.3 Å². The highest BCUT2D eigenvalue weighted by Crippen LogP contribution is 2.07. The molecule has 1 N–H and O–H groups in total. The molecule has 9 heteroatoms. The summed E-state index contributed by atoms with van der Waals surface area (Å²) in [4.78, 5) is 0. The van der Waals surface area contributed by atoms with Gasteiger partial charge in [0.1, 0.15) is 0 Å². The molecular formula is C6H19N3O4S2+2. The van der Waals surface area contributed by atoms with Gasteiger partial charge in [0.2, 0.25) is 0 Å². The molecule has 0 saturated carbocycles. The Balaban J connectivity index is 5.28. The summed E-state index contributed by atoms with van der Waals surface area (Å²) in [5.41, 5.74) is 0. The molecule has 0 aromatic carbocycles. The van der Waals surface area contributed by atoms with Gasteiger partial charge in [-0.05, 0) is 4.13 Å². The van der Waals surface area contributed by atoms with Crippen molar-refractivity contribution in [3.8, 4) is 0 Å². The minimum absolute atomic E-state index is 0.508. The summed E-state index contributed by atoms with van der Waals surface area (Å²) in [6.45, 7) is 0. The minimum atomic E-state index is -3.95. The summed E-state index contributed by atoms with van der Waals surface area (Å²) in [7, 11) is 0.302. The Labute approximate surface area is 91.8 Å². The standard InChI is InChI=1S/C6H19N3O4S2/c1-8(2,3)14(10,11)7-15(12,13)9(4,5)6/h7H,1-6H3/q+2. The molecule has 0 aliphatic carbocycles.